The molecule has 1 fully saturated rings. The third kappa shape index (κ3) is 2.87. The fraction of sp³-hybridized carbons (Fsp3) is 0.615. The summed E-state index contributed by atoms with van der Waals surface area (Å²) in [7, 11) is 4.31. The molecule has 0 aromatic carbocycles. The minimum atomic E-state index is 0.117. The van der Waals surface area contributed by atoms with Gasteiger partial charge in [-0.25, -0.2) is 0 Å². The molecule has 100 valence electrons. The lowest BCUT2D eigenvalue weighted by Crippen LogP contribution is -2.56. The molecule has 0 saturated carbocycles. The van der Waals surface area contributed by atoms with Crippen molar-refractivity contribution in [3.8, 4) is 0 Å². The van der Waals surface area contributed by atoms with Crippen LogP contribution in [0.5, 0.6) is 0 Å². The van der Waals surface area contributed by atoms with Gasteiger partial charge in [0.1, 0.15) is 0 Å². The van der Waals surface area contributed by atoms with Gasteiger partial charge in [0.05, 0.1) is 6.04 Å². The summed E-state index contributed by atoms with van der Waals surface area (Å²) in [4.78, 5) is 9.07. The van der Waals surface area contributed by atoms with E-state index in [2.05, 4.69) is 40.4 Å². The van der Waals surface area contributed by atoms with Crippen molar-refractivity contribution in [2.45, 2.75) is 19.0 Å². The van der Waals surface area contributed by atoms with Crippen LogP contribution in [0.25, 0.3) is 0 Å². The fourth-order valence-electron chi connectivity index (χ4n) is 2.50. The lowest BCUT2D eigenvalue weighted by Gasteiger charge is -2.41. The van der Waals surface area contributed by atoms with Gasteiger partial charge in [0.25, 0.3) is 0 Å². The molecule has 0 aliphatic carbocycles. The van der Waals surface area contributed by atoms with Crippen LogP contribution in [0.15, 0.2) is 18.3 Å². The van der Waals surface area contributed by atoms with Crippen LogP contribution in [-0.2, 0) is 0 Å². The average Bonchev–Trinajstić information content (AvgIpc) is 2.37. The maximum absolute atomic E-state index is 5.76. The number of nitrogens with zero attached hydrogens (tertiary/aromatic N) is 3. The Bertz CT molecular complexity index is 377. The van der Waals surface area contributed by atoms with Gasteiger partial charge < -0.3 is 4.90 Å². The van der Waals surface area contributed by atoms with E-state index >= 15 is 0 Å². The molecule has 0 radical (unpaired) electrons. The number of nitrogens with one attached hydrogen (secondary N) is 1. The molecule has 18 heavy (non-hydrogen) atoms. The quantitative estimate of drug-likeness (QED) is 0.589. The Kier molecular flexibility index (Phi) is 4.29. The van der Waals surface area contributed by atoms with Gasteiger partial charge in [-0.05, 0) is 32.6 Å². The molecule has 5 heteroatoms. The summed E-state index contributed by atoms with van der Waals surface area (Å²) in [5.74, 6) is 5.76. The maximum Gasteiger partial charge on any atom is 0.0642 e. The highest BCUT2D eigenvalue weighted by atomic mass is 15.3. The molecule has 0 spiro atoms. The number of likely N-dealkylation sites (N-methyl/N-ethyl adjacent to an activating group) is 2. The first-order valence-electron chi connectivity index (χ1n) is 6.39. The second-order valence-electron chi connectivity index (χ2n) is 5.19. The molecule has 2 unspecified atom stereocenters. The van der Waals surface area contributed by atoms with E-state index in [0.717, 1.165) is 30.9 Å². The number of nitrogens with two attached hydrogens (primary N) is 1. The zero-order chi connectivity index (χ0) is 13.1. The number of piperazine rings is 1. The minimum Gasteiger partial charge on any atom is -0.303 e. The number of hydrazine groups is 1. The van der Waals surface area contributed by atoms with E-state index in [1.54, 1.807) is 0 Å². The third-order valence-electron chi connectivity index (χ3n) is 3.76. The second-order valence-corrected chi connectivity index (χ2v) is 5.19. The van der Waals surface area contributed by atoms with Gasteiger partial charge in [-0.3, -0.25) is 21.2 Å². The van der Waals surface area contributed by atoms with Crippen molar-refractivity contribution in [1.29, 1.82) is 0 Å². The van der Waals surface area contributed by atoms with E-state index in [1.165, 1.54) is 0 Å². The van der Waals surface area contributed by atoms with Crippen LogP contribution in [0.3, 0.4) is 0 Å². The first-order valence-corrected chi connectivity index (χ1v) is 6.39. The molecule has 1 saturated heterocycles. The Hall–Kier alpha value is -1.01. The highest BCUT2D eigenvalue weighted by Gasteiger charge is 2.30. The number of hydrogen-bond acceptors (Lipinski definition) is 5. The summed E-state index contributed by atoms with van der Waals surface area (Å²) in [6.07, 6.45) is 1.92. The molecule has 5 nitrogen and oxygen atoms in total. The van der Waals surface area contributed by atoms with Crippen LogP contribution in [0.2, 0.25) is 0 Å². The normalized spacial score (nSPS) is 24.1. The molecule has 0 bridgehead atoms. The average molecular weight is 249 g/mol. The van der Waals surface area contributed by atoms with E-state index in [0.29, 0.717) is 6.04 Å². The summed E-state index contributed by atoms with van der Waals surface area (Å²) in [5.41, 5.74) is 5.13. The van der Waals surface area contributed by atoms with Gasteiger partial charge in [0.2, 0.25) is 0 Å². The first kappa shape index (κ1) is 13.4. The SMILES string of the molecule is Cc1ccc(C(NN)C2CN(C)CCN2C)cn1. The van der Waals surface area contributed by atoms with Gasteiger partial charge in [0.15, 0.2) is 0 Å². The Balaban J connectivity index is 2.19. The Labute approximate surface area is 109 Å². The standard InChI is InChI=1S/C13H23N5/c1-10-4-5-11(8-15-10)13(16-14)12-9-17(2)6-7-18(12)3/h4-5,8,12-13,16H,6-7,9,14H2,1-3H3. The van der Waals surface area contributed by atoms with Gasteiger partial charge in [0, 0.05) is 37.6 Å². The predicted octanol–water partition coefficient (Wildman–Crippen LogP) is 0.140. The molecule has 2 atom stereocenters. The van der Waals surface area contributed by atoms with Crippen LogP contribution >= 0.6 is 0 Å². The number of aromatic nitrogens is 1. The fourth-order valence-corrected chi connectivity index (χ4v) is 2.50. The zero-order valence-electron chi connectivity index (χ0n) is 11.4. The lowest BCUT2D eigenvalue weighted by atomic mass is 9.98. The summed E-state index contributed by atoms with van der Waals surface area (Å²) in [5, 5.41) is 0. The Morgan fingerprint density at radius 2 is 2.17 bits per heavy atom. The largest absolute Gasteiger partial charge is 0.303 e. The molecular weight excluding hydrogens is 226 g/mol. The van der Waals surface area contributed by atoms with Gasteiger partial charge in [-0.15, -0.1) is 0 Å². The summed E-state index contributed by atoms with van der Waals surface area (Å²) >= 11 is 0. The molecule has 1 aliphatic heterocycles. The van der Waals surface area contributed by atoms with Crippen molar-refractivity contribution < 1.29 is 0 Å². The van der Waals surface area contributed by atoms with Crippen molar-refractivity contribution in [2.24, 2.45) is 5.84 Å². The van der Waals surface area contributed by atoms with Gasteiger partial charge >= 0.3 is 0 Å². The van der Waals surface area contributed by atoms with E-state index < -0.39 is 0 Å². The minimum absolute atomic E-state index is 0.117. The van der Waals surface area contributed by atoms with Crippen LogP contribution in [0, 0.1) is 6.92 Å². The molecular formula is C13H23N5. The third-order valence-corrected chi connectivity index (χ3v) is 3.76. The smallest absolute Gasteiger partial charge is 0.0642 e. The summed E-state index contributed by atoms with van der Waals surface area (Å²) < 4.78 is 0. The van der Waals surface area contributed by atoms with E-state index in [9.17, 15) is 0 Å². The zero-order valence-corrected chi connectivity index (χ0v) is 11.4. The van der Waals surface area contributed by atoms with Gasteiger partial charge in [-0.1, -0.05) is 6.07 Å². The molecule has 1 aromatic rings. The Morgan fingerprint density at radius 3 is 2.78 bits per heavy atom. The molecule has 1 aliphatic rings. The molecule has 2 rings (SSSR count). The molecule has 0 amide bonds. The second kappa shape index (κ2) is 5.75. The number of aryl methyl sites for hydroxylation is 1. The highest BCUT2D eigenvalue weighted by molar-refractivity contribution is 5.19. The molecule has 1 aromatic heterocycles. The number of hydrogen-bond donors (Lipinski definition) is 2. The molecule has 3 N–H and O–H groups in total. The van der Waals surface area contributed by atoms with Crippen molar-refractivity contribution in [3.63, 3.8) is 0 Å². The van der Waals surface area contributed by atoms with Crippen molar-refractivity contribution in [1.82, 2.24) is 20.2 Å². The van der Waals surface area contributed by atoms with Crippen LogP contribution in [0.4, 0.5) is 0 Å². The van der Waals surface area contributed by atoms with Gasteiger partial charge in [-0.2, -0.15) is 0 Å². The van der Waals surface area contributed by atoms with Crippen LogP contribution in [0.1, 0.15) is 17.3 Å². The number of pyridine rings is 1. The van der Waals surface area contributed by atoms with Crippen molar-refractivity contribution in [3.05, 3.63) is 29.6 Å². The Morgan fingerprint density at radius 1 is 1.39 bits per heavy atom. The highest BCUT2D eigenvalue weighted by Crippen LogP contribution is 2.22. The monoisotopic (exact) mass is 249 g/mol. The topological polar surface area (TPSA) is 57.4 Å². The van der Waals surface area contributed by atoms with E-state index in [1.807, 2.05) is 19.2 Å². The number of rotatable bonds is 3. The van der Waals surface area contributed by atoms with Crippen LogP contribution in [-0.4, -0.2) is 54.6 Å². The first-order chi connectivity index (χ1) is 8.61. The maximum atomic E-state index is 5.76. The predicted molar refractivity (Wildman–Crippen MR) is 73.0 cm³/mol. The van der Waals surface area contributed by atoms with Crippen molar-refractivity contribution in [2.75, 3.05) is 33.7 Å². The van der Waals surface area contributed by atoms with E-state index in [-0.39, 0.29) is 6.04 Å². The summed E-state index contributed by atoms with van der Waals surface area (Å²) in [6, 6.07) is 4.63. The van der Waals surface area contributed by atoms with Crippen LogP contribution < -0.4 is 11.3 Å². The lowest BCUT2D eigenvalue weighted by molar-refractivity contribution is 0.0876. The molecule has 2 heterocycles. The van der Waals surface area contributed by atoms with E-state index in [4.69, 9.17) is 5.84 Å². The van der Waals surface area contributed by atoms with Crippen molar-refractivity contribution >= 4 is 0 Å². The summed E-state index contributed by atoms with van der Waals surface area (Å²) in [6.45, 7) is 5.18.